The van der Waals surface area contributed by atoms with Gasteiger partial charge in [0.05, 0.1) is 17.8 Å². The number of hydrogen-bond acceptors (Lipinski definition) is 4. The second-order valence-electron chi connectivity index (χ2n) is 4.67. The van der Waals surface area contributed by atoms with Gasteiger partial charge in [-0.25, -0.2) is 4.98 Å². The first-order chi connectivity index (χ1) is 9.10. The van der Waals surface area contributed by atoms with Gasteiger partial charge in [0.1, 0.15) is 5.75 Å². The van der Waals surface area contributed by atoms with E-state index < -0.39 is 0 Å². The predicted octanol–water partition coefficient (Wildman–Crippen LogP) is 3.87. The summed E-state index contributed by atoms with van der Waals surface area (Å²) in [5.41, 5.74) is 2.36. The van der Waals surface area contributed by atoms with Crippen LogP contribution in [-0.2, 0) is 0 Å². The molecule has 2 atom stereocenters. The lowest BCUT2D eigenvalue weighted by Crippen LogP contribution is -2.22. The molecule has 1 N–H and O–H groups in total. The molecule has 1 aromatic heterocycles. The Morgan fingerprint density at radius 3 is 2.37 bits per heavy atom. The van der Waals surface area contributed by atoms with Crippen LogP contribution in [0.2, 0.25) is 0 Å². The van der Waals surface area contributed by atoms with Crippen LogP contribution in [0, 0.1) is 6.92 Å². The minimum Gasteiger partial charge on any atom is -0.497 e. The summed E-state index contributed by atoms with van der Waals surface area (Å²) in [7, 11) is 1.68. The molecular formula is C15H20N2OS. The van der Waals surface area contributed by atoms with E-state index in [1.54, 1.807) is 18.4 Å². The lowest BCUT2D eigenvalue weighted by Gasteiger charge is -2.19. The van der Waals surface area contributed by atoms with Crippen molar-refractivity contribution in [2.45, 2.75) is 32.9 Å². The number of methoxy groups -OCH3 is 1. The number of rotatable bonds is 5. The van der Waals surface area contributed by atoms with Gasteiger partial charge in [0, 0.05) is 17.5 Å². The number of thiazole rings is 1. The zero-order valence-electron chi connectivity index (χ0n) is 11.8. The van der Waals surface area contributed by atoms with E-state index in [4.69, 9.17) is 4.74 Å². The second kappa shape index (κ2) is 6.17. The first kappa shape index (κ1) is 14.0. The molecule has 1 heterocycles. The van der Waals surface area contributed by atoms with Crippen molar-refractivity contribution < 1.29 is 4.74 Å². The van der Waals surface area contributed by atoms with Crippen molar-refractivity contribution in [3.8, 4) is 5.75 Å². The Bertz CT molecular complexity index is 521. The van der Waals surface area contributed by atoms with Crippen molar-refractivity contribution in [2.75, 3.05) is 7.11 Å². The third-order valence-corrected chi connectivity index (χ3v) is 3.99. The molecule has 2 rings (SSSR count). The second-order valence-corrected chi connectivity index (χ2v) is 5.74. The molecule has 0 radical (unpaired) electrons. The Hall–Kier alpha value is -1.39. The summed E-state index contributed by atoms with van der Waals surface area (Å²) < 4.78 is 5.17. The van der Waals surface area contributed by atoms with Gasteiger partial charge in [-0.05, 0) is 38.5 Å². The maximum atomic E-state index is 5.17. The smallest absolute Gasteiger partial charge is 0.118 e. The van der Waals surface area contributed by atoms with Crippen LogP contribution in [0.25, 0.3) is 0 Å². The van der Waals surface area contributed by atoms with Gasteiger partial charge in [0.15, 0.2) is 0 Å². The molecule has 0 aliphatic rings. The van der Waals surface area contributed by atoms with Gasteiger partial charge in [0.25, 0.3) is 0 Å². The van der Waals surface area contributed by atoms with Gasteiger partial charge >= 0.3 is 0 Å². The summed E-state index contributed by atoms with van der Waals surface area (Å²) in [5, 5.41) is 6.80. The van der Waals surface area contributed by atoms with E-state index in [1.807, 2.05) is 19.1 Å². The fraction of sp³-hybridized carbons (Fsp3) is 0.400. The minimum atomic E-state index is 0.252. The molecule has 102 valence electrons. The maximum Gasteiger partial charge on any atom is 0.118 e. The van der Waals surface area contributed by atoms with E-state index >= 15 is 0 Å². The minimum absolute atomic E-state index is 0.252. The van der Waals surface area contributed by atoms with Gasteiger partial charge in [-0.3, -0.25) is 0 Å². The highest BCUT2D eigenvalue weighted by atomic mass is 32.1. The number of aromatic nitrogens is 1. The lowest BCUT2D eigenvalue weighted by molar-refractivity contribution is 0.414. The predicted molar refractivity (Wildman–Crippen MR) is 79.8 cm³/mol. The van der Waals surface area contributed by atoms with E-state index in [9.17, 15) is 0 Å². The summed E-state index contributed by atoms with van der Waals surface area (Å²) in [6.07, 6.45) is 0. The van der Waals surface area contributed by atoms with Crippen molar-refractivity contribution in [2.24, 2.45) is 0 Å². The molecule has 0 saturated carbocycles. The van der Waals surface area contributed by atoms with Gasteiger partial charge < -0.3 is 10.1 Å². The molecule has 0 aliphatic heterocycles. The number of nitrogens with one attached hydrogen (secondary N) is 1. The van der Waals surface area contributed by atoms with Crippen LogP contribution in [0.3, 0.4) is 0 Å². The van der Waals surface area contributed by atoms with Crippen molar-refractivity contribution in [1.29, 1.82) is 0 Å². The van der Waals surface area contributed by atoms with Gasteiger partial charge in [-0.2, -0.15) is 0 Å². The maximum absolute atomic E-state index is 5.17. The van der Waals surface area contributed by atoms with Crippen LogP contribution >= 0.6 is 11.3 Å². The van der Waals surface area contributed by atoms with E-state index in [0.29, 0.717) is 0 Å². The zero-order chi connectivity index (χ0) is 13.8. The van der Waals surface area contributed by atoms with E-state index in [2.05, 4.69) is 41.7 Å². The van der Waals surface area contributed by atoms with E-state index in [1.165, 1.54) is 5.56 Å². The normalized spacial score (nSPS) is 14.1. The molecule has 0 bridgehead atoms. The Morgan fingerprint density at radius 2 is 1.84 bits per heavy atom. The molecule has 0 saturated heterocycles. The summed E-state index contributed by atoms with van der Waals surface area (Å²) in [4.78, 5) is 4.52. The van der Waals surface area contributed by atoms with E-state index in [0.717, 1.165) is 16.5 Å². The van der Waals surface area contributed by atoms with Crippen molar-refractivity contribution in [3.05, 3.63) is 45.9 Å². The number of hydrogen-bond donors (Lipinski definition) is 1. The molecule has 4 heteroatoms. The van der Waals surface area contributed by atoms with Crippen LogP contribution in [-0.4, -0.2) is 12.1 Å². The number of nitrogens with zero attached hydrogens (tertiary/aromatic N) is 1. The molecular weight excluding hydrogens is 256 g/mol. The van der Waals surface area contributed by atoms with E-state index in [-0.39, 0.29) is 12.1 Å². The van der Waals surface area contributed by atoms with Crippen LogP contribution in [0.15, 0.2) is 29.6 Å². The van der Waals surface area contributed by atoms with Crippen molar-refractivity contribution in [1.82, 2.24) is 10.3 Å². The molecule has 3 nitrogen and oxygen atoms in total. The molecule has 19 heavy (non-hydrogen) atoms. The Labute approximate surface area is 118 Å². The first-order valence-electron chi connectivity index (χ1n) is 6.42. The lowest BCUT2D eigenvalue weighted by atomic mass is 10.1. The van der Waals surface area contributed by atoms with Gasteiger partial charge in [-0.15, -0.1) is 11.3 Å². The zero-order valence-corrected chi connectivity index (χ0v) is 12.6. The molecule has 0 amide bonds. The highest BCUT2D eigenvalue weighted by Crippen LogP contribution is 2.22. The number of aryl methyl sites for hydroxylation is 1. The largest absolute Gasteiger partial charge is 0.497 e. The van der Waals surface area contributed by atoms with Gasteiger partial charge in [-0.1, -0.05) is 12.1 Å². The third kappa shape index (κ3) is 3.55. The standard InChI is InChI=1S/C15H20N2OS/c1-10(13-5-7-14(18-4)8-6-13)16-11(2)15-9-19-12(3)17-15/h5-11,16H,1-4H3. The Morgan fingerprint density at radius 1 is 1.16 bits per heavy atom. The number of ether oxygens (including phenoxy) is 1. The highest BCUT2D eigenvalue weighted by Gasteiger charge is 2.13. The number of benzene rings is 1. The Balaban J connectivity index is 2.01. The SMILES string of the molecule is COc1ccc(C(C)NC(C)c2csc(C)n2)cc1. The third-order valence-electron chi connectivity index (χ3n) is 3.20. The monoisotopic (exact) mass is 276 g/mol. The summed E-state index contributed by atoms with van der Waals surface area (Å²) in [6, 6.07) is 8.70. The molecule has 0 aliphatic carbocycles. The van der Waals surface area contributed by atoms with Gasteiger partial charge in [0.2, 0.25) is 0 Å². The average Bonchev–Trinajstić information content (AvgIpc) is 2.85. The topological polar surface area (TPSA) is 34.1 Å². The molecule has 0 spiro atoms. The summed E-state index contributed by atoms with van der Waals surface area (Å²) in [6.45, 7) is 6.35. The van der Waals surface area contributed by atoms with Crippen LogP contribution in [0.5, 0.6) is 5.75 Å². The van der Waals surface area contributed by atoms with Crippen LogP contribution < -0.4 is 10.1 Å². The highest BCUT2D eigenvalue weighted by molar-refractivity contribution is 7.09. The summed E-state index contributed by atoms with van der Waals surface area (Å²) in [5.74, 6) is 0.888. The van der Waals surface area contributed by atoms with Crippen molar-refractivity contribution in [3.63, 3.8) is 0 Å². The quantitative estimate of drug-likeness (QED) is 0.900. The van der Waals surface area contributed by atoms with Crippen molar-refractivity contribution >= 4 is 11.3 Å². The average molecular weight is 276 g/mol. The first-order valence-corrected chi connectivity index (χ1v) is 7.30. The van der Waals surface area contributed by atoms with Crippen LogP contribution in [0.4, 0.5) is 0 Å². The fourth-order valence-corrected chi connectivity index (χ4v) is 2.73. The molecule has 0 fully saturated rings. The molecule has 2 aromatic rings. The molecule has 1 aromatic carbocycles. The Kier molecular flexibility index (Phi) is 4.56. The summed E-state index contributed by atoms with van der Waals surface area (Å²) >= 11 is 1.69. The molecule has 2 unspecified atom stereocenters. The fourth-order valence-electron chi connectivity index (χ4n) is 2.03. The van der Waals surface area contributed by atoms with Crippen LogP contribution in [0.1, 0.15) is 42.2 Å².